The molecule has 0 N–H and O–H groups in total. The van der Waals surface area contributed by atoms with E-state index in [0.29, 0.717) is 15.3 Å². The third-order valence-corrected chi connectivity index (χ3v) is 3.53. The number of carbonyl (C=O) groups is 1. The van der Waals surface area contributed by atoms with Gasteiger partial charge in [0, 0.05) is 5.02 Å². The first-order valence-electron chi connectivity index (χ1n) is 4.43. The van der Waals surface area contributed by atoms with Crippen LogP contribution in [0.5, 0.6) is 0 Å². The molecule has 0 saturated heterocycles. The van der Waals surface area contributed by atoms with Gasteiger partial charge in [-0.05, 0) is 34.1 Å². The average molecular weight is 354 g/mol. The Kier molecular flexibility index (Phi) is 3.83. The molecule has 2 rings (SSSR count). The lowest BCUT2D eigenvalue weighted by Crippen LogP contribution is -2.02. The van der Waals surface area contributed by atoms with Crippen LogP contribution in [0.25, 0.3) is 0 Å². The van der Waals surface area contributed by atoms with Crippen LogP contribution in [0.4, 0.5) is 0 Å². The molecule has 0 aliphatic heterocycles. The standard InChI is InChI=1S/C11H4BrCl3O2/c12-11-6(1-2-17-11)10(16)9-7(14)3-5(13)4-8(9)15/h1-4H. The molecule has 0 fully saturated rings. The van der Waals surface area contributed by atoms with Gasteiger partial charge in [-0.3, -0.25) is 4.79 Å². The first-order valence-corrected chi connectivity index (χ1v) is 6.35. The van der Waals surface area contributed by atoms with E-state index in [1.807, 2.05) is 0 Å². The Balaban J connectivity index is 2.56. The van der Waals surface area contributed by atoms with Gasteiger partial charge in [0.15, 0.2) is 10.5 Å². The van der Waals surface area contributed by atoms with Crippen molar-refractivity contribution in [3.05, 3.63) is 55.3 Å². The molecule has 0 spiro atoms. The summed E-state index contributed by atoms with van der Waals surface area (Å²) in [5, 5.41) is 0.795. The molecule has 0 unspecified atom stereocenters. The summed E-state index contributed by atoms with van der Waals surface area (Å²) in [6.45, 7) is 0. The quantitative estimate of drug-likeness (QED) is 0.691. The van der Waals surface area contributed by atoms with Gasteiger partial charge in [0.25, 0.3) is 0 Å². The highest BCUT2D eigenvalue weighted by molar-refractivity contribution is 9.10. The Hall–Kier alpha value is -0.480. The van der Waals surface area contributed by atoms with Gasteiger partial charge >= 0.3 is 0 Å². The van der Waals surface area contributed by atoms with E-state index in [4.69, 9.17) is 39.2 Å². The second-order valence-corrected chi connectivity index (χ2v) is 5.15. The number of rotatable bonds is 2. The van der Waals surface area contributed by atoms with Crippen LogP contribution in [0.2, 0.25) is 15.1 Å². The first kappa shape index (κ1) is 13.0. The number of furan rings is 1. The molecule has 0 saturated carbocycles. The molecule has 1 heterocycles. The molecule has 2 nitrogen and oxygen atoms in total. The van der Waals surface area contributed by atoms with Crippen molar-refractivity contribution in [1.29, 1.82) is 0 Å². The van der Waals surface area contributed by atoms with Crippen molar-refractivity contribution in [3.63, 3.8) is 0 Å². The van der Waals surface area contributed by atoms with Gasteiger partial charge in [0.2, 0.25) is 0 Å². The lowest BCUT2D eigenvalue weighted by molar-refractivity contribution is 0.103. The summed E-state index contributed by atoms with van der Waals surface area (Å²) >= 11 is 20.8. The van der Waals surface area contributed by atoms with Crippen molar-refractivity contribution in [2.45, 2.75) is 0 Å². The van der Waals surface area contributed by atoms with Crippen molar-refractivity contribution in [1.82, 2.24) is 0 Å². The van der Waals surface area contributed by atoms with Crippen LogP contribution in [0.3, 0.4) is 0 Å². The number of benzene rings is 1. The zero-order valence-electron chi connectivity index (χ0n) is 8.14. The highest BCUT2D eigenvalue weighted by atomic mass is 79.9. The zero-order valence-corrected chi connectivity index (χ0v) is 12.0. The van der Waals surface area contributed by atoms with E-state index in [0.717, 1.165) is 0 Å². The van der Waals surface area contributed by atoms with Crippen LogP contribution in [-0.4, -0.2) is 5.78 Å². The maximum absolute atomic E-state index is 12.2. The van der Waals surface area contributed by atoms with Crippen LogP contribution in [0.15, 0.2) is 33.5 Å². The monoisotopic (exact) mass is 352 g/mol. The van der Waals surface area contributed by atoms with Crippen molar-refractivity contribution in [3.8, 4) is 0 Å². The highest BCUT2D eigenvalue weighted by Gasteiger charge is 2.21. The molecule has 0 atom stereocenters. The third kappa shape index (κ3) is 2.52. The lowest BCUT2D eigenvalue weighted by Gasteiger charge is -2.05. The maximum atomic E-state index is 12.2. The van der Waals surface area contributed by atoms with E-state index >= 15 is 0 Å². The van der Waals surface area contributed by atoms with Crippen LogP contribution >= 0.6 is 50.7 Å². The zero-order chi connectivity index (χ0) is 12.6. The molecule has 0 aliphatic carbocycles. The Morgan fingerprint density at radius 1 is 1.18 bits per heavy atom. The fourth-order valence-electron chi connectivity index (χ4n) is 1.35. The number of hydrogen-bond donors (Lipinski definition) is 0. The highest BCUT2D eigenvalue weighted by Crippen LogP contribution is 2.32. The average Bonchev–Trinajstić information content (AvgIpc) is 2.62. The number of hydrogen-bond acceptors (Lipinski definition) is 2. The molecule has 2 aromatic rings. The number of ketones is 1. The van der Waals surface area contributed by atoms with E-state index in [-0.39, 0.29) is 21.4 Å². The van der Waals surface area contributed by atoms with Crippen molar-refractivity contribution >= 4 is 56.5 Å². The Bertz CT molecular complexity index is 569. The summed E-state index contributed by atoms with van der Waals surface area (Å²) in [5.41, 5.74) is 0.566. The molecule has 0 radical (unpaired) electrons. The minimum atomic E-state index is -0.322. The van der Waals surface area contributed by atoms with E-state index in [1.54, 1.807) is 0 Å². The Morgan fingerprint density at radius 3 is 2.24 bits per heavy atom. The van der Waals surface area contributed by atoms with Crippen LogP contribution in [0, 0.1) is 0 Å². The molecule has 17 heavy (non-hydrogen) atoms. The summed E-state index contributed by atoms with van der Waals surface area (Å²) in [4.78, 5) is 12.2. The van der Waals surface area contributed by atoms with Crippen LogP contribution < -0.4 is 0 Å². The molecular weight excluding hydrogens is 350 g/mol. The minimum Gasteiger partial charge on any atom is -0.457 e. The Morgan fingerprint density at radius 2 is 1.76 bits per heavy atom. The fraction of sp³-hybridized carbons (Fsp3) is 0. The van der Waals surface area contributed by atoms with Gasteiger partial charge in [-0.25, -0.2) is 0 Å². The van der Waals surface area contributed by atoms with Gasteiger partial charge in [0.05, 0.1) is 27.4 Å². The van der Waals surface area contributed by atoms with E-state index in [1.165, 1.54) is 24.5 Å². The largest absolute Gasteiger partial charge is 0.457 e. The third-order valence-electron chi connectivity index (χ3n) is 2.10. The van der Waals surface area contributed by atoms with Crippen molar-refractivity contribution < 1.29 is 9.21 Å². The summed E-state index contributed by atoms with van der Waals surface area (Å²) in [7, 11) is 0. The topological polar surface area (TPSA) is 30.2 Å². The second-order valence-electron chi connectivity index (χ2n) is 3.18. The molecule has 0 bridgehead atoms. The first-order chi connectivity index (χ1) is 8.00. The molecular formula is C11H4BrCl3O2. The van der Waals surface area contributed by atoms with Crippen LogP contribution in [0.1, 0.15) is 15.9 Å². The van der Waals surface area contributed by atoms with Gasteiger partial charge in [-0.15, -0.1) is 0 Å². The smallest absolute Gasteiger partial charge is 0.200 e. The second kappa shape index (κ2) is 5.02. The summed E-state index contributed by atoms with van der Waals surface area (Å²) in [6, 6.07) is 4.47. The summed E-state index contributed by atoms with van der Waals surface area (Å²) in [5.74, 6) is -0.322. The summed E-state index contributed by atoms with van der Waals surface area (Å²) in [6.07, 6.45) is 1.40. The predicted molar refractivity (Wildman–Crippen MR) is 71.3 cm³/mol. The minimum absolute atomic E-state index is 0.208. The normalized spacial score (nSPS) is 10.6. The fourth-order valence-corrected chi connectivity index (χ4v) is 2.76. The molecule has 88 valence electrons. The SMILES string of the molecule is O=C(c1ccoc1Br)c1c(Cl)cc(Cl)cc1Cl. The molecule has 0 amide bonds. The maximum Gasteiger partial charge on any atom is 0.200 e. The van der Waals surface area contributed by atoms with E-state index in [2.05, 4.69) is 15.9 Å². The number of carbonyl (C=O) groups excluding carboxylic acids is 1. The van der Waals surface area contributed by atoms with Crippen molar-refractivity contribution in [2.24, 2.45) is 0 Å². The van der Waals surface area contributed by atoms with Crippen molar-refractivity contribution in [2.75, 3.05) is 0 Å². The molecule has 1 aromatic carbocycles. The van der Waals surface area contributed by atoms with Crippen LogP contribution in [-0.2, 0) is 0 Å². The van der Waals surface area contributed by atoms with Gasteiger partial charge in [0.1, 0.15) is 0 Å². The van der Waals surface area contributed by atoms with Gasteiger partial charge in [-0.1, -0.05) is 34.8 Å². The van der Waals surface area contributed by atoms with E-state index < -0.39 is 0 Å². The molecule has 6 heteroatoms. The summed E-state index contributed by atoms with van der Waals surface area (Å²) < 4.78 is 5.33. The Labute approximate surface area is 121 Å². The van der Waals surface area contributed by atoms with Gasteiger partial charge < -0.3 is 4.42 Å². The van der Waals surface area contributed by atoms with E-state index in [9.17, 15) is 4.79 Å². The molecule has 1 aromatic heterocycles. The lowest BCUT2D eigenvalue weighted by atomic mass is 10.1. The van der Waals surface area contributed by atoms with Gasteiger partial charge in [-0.2, -0.15) is 0 Å². The predicted octanol–water partition coefficient (Wildman–Crippen LogP) is 5.23. The number of halogens is 4. The molecule has 0 aliphatic rings.